The molecule has 1 heterocycles. The maximum absolute atomic E-state index is 11.8. The van der Waals surface area contributed by atoms with Crippen molar-refractivity contribution in [2.24, 2.45) is 11.8 Å². The standard InChI is InChI=1S/C20H32O3/c1-3-5-7-9-10-11-13-15-17(14-12-8-6-4-2)18-16-19(21)23-20(18)22/h9-11,13,17-18H,3-8,12,14-16H2,1-2H3/b10-9+,13-11+. The van der Waals surface area contributed by atoms with Gasteiger partial charge in [-0.1, -0.05) is 76.7 Å². The third-order valence-corrected chi connectivity index (χ3v) is 4.45. The highest BCUT2D eigenvalue weighted by molar-refractivity contribution is 5.94. The SMILES string of the molecule is CCCC/C=C/C=C/CC(CCCCCC)C1CC(=O)OC1=O. The van der Waals surface area contributed by atoms with Crippen molar-refractivity contribution in [3.63, 3.8) is 0 Å². The van der Waals surface area contributed by atoms with Crippen molar-refractivity contribution in [3.8, 4) is 0 Å². The summed E-state index contributed by atoms with van der Waals surface area (Å²) in [7, 11) is 0. The highest BCUT2D eigenvalue weighted by atomic mass is 16.6. The number of hydrogen-bond acceptors (Lipinski definition) is 3. The van der Waals surface area contributed by atoms with E-state index in [0.29, 0.717) is 0 Å². The Morgan fingerprint density at radius 1 is 1.04 bits per heavy atom. The van der Waals surface area contributed by atoms with Crippen molar-refractivity contribution in [1.82, 2.24) is 0 Å². The summed E-state index contributed by atoms with van der Waals surface area (Å²) >= 11 is 0. The lowest BCUT2D eigenvalue weighted by Crippen LogP contribution is -2.19. The molecular weight excluding hydrogens is 288 g/mol. The number of esters is 2. The van der Waals surface area contributed by atoms with Crippen LogP contribution in [0.15, 0.2) is 24.3 Å². The van der Waals surface area contributed by atoms with Gasteiger partial charge in [-0.15, -0.1) is 0 Å². The summed E-state index contributed by atoms with van der Waals surface area (Å²) in [4.78, 5) is 23.2. The average Bonchev–Trinajstić information content (AvgIpc) is 2.87. The van der Waals surface area contributed by atoms with E-state index in [0.717, 1.165) is 25.7 Å². The minimum absolute atomic E-state index is 0.228. The molecule has 2 unspecified atom stereocenters. The van der Waals surface area contributed by atoms with E-state index < -0.39 is 0 Å². The molecule has 23 heavy (non-hydrogen) atoms. The van der Waals surface area contributed by atoms with Gasteiger partial charge >= 0.3 is 11.9 Å². The Hall–Kier alpha value is -1.38. The molecule has 1 fully saturated rings. The lowest BCUT2D eigenvalue weighted by Gasteiger charge is -2.18. The van der Waals surface area contributed by atoms with Crippen LogP contribution in [0.1, 0.15) is 78.1 Å². The second-order valence-corrected chi connectivity index (χ2v) is 6.45. The van der Waals surface area contributed by atoms with Crippen molar-refractivity contribution in [2.75, 3.05) is 0 Å². The molecule has 0 amide bonds. The summed E-state index contributed by atoms with van der Waals surface area (Å²) in [5.41, 5.74) is 0. The molecule has 1 aliphatic heterocycles. The van der Waals surface area contributed by atoms with E-state index in [1.165, 1.54) is 32.1 Å². The van der Waals surface area contributed by atoms with Gasteiger partial charge in [-0.2, -0.15) is 0 Å². The van der Waals surface area contributed by atoms with Crippen LogP contribution in [-0.2, 0) is 14.3 Å². The van der Waals surface area contributed by atoms with E-state index >= 15 is 0 Å². The molecule has 0 aromatic rings. The number of carbonyl (C=O) groups excluding carboxylic acids is 2. The first-order chi connectivity index (χ1) is 11.2. The molecular formula is C20H32O3. The number of cyclic esters (lactones) is 2. The minimum Gasteiger partial charge on any atom is -0.393 e. The van der Waals surface area contributed by atoms with Crippen LogP contribution in [0.5, 0.6) is 0 Å². The smallest absolute Gasteiger partial charge is 0.317 e. The van der Waals surface area contributed by atoms with Crippen molar-refractivity contribution < 1.29 is 14.3 Å². The summed E-state index contributed by atoms with van der Waals surface area (Å²) in [6, 6.07) is 0. The van der Waals surface area contributed by atoms with Gasteiger partial charge in [-0.3, -0.25) is 9.59 Å². The molecule has 130 valence electrons. The lowest BCUT2D eigenvalue weighted by molar-refractivity contribution is -0.153. The van der Waals surface area contributed by atoms with E-state index in [2.05, 4.69) is 38.2 Å². The summed E-state index contributed by atoms with van der Waals surface area (Å²) in [6.45, 7) is 4.38. The largest absolute Gasteiger partial charge is 0.393 e. The second kappa shape index (κ2) is 12.1. The Bertz CT molecular complexity index is 409. The Balaban J connectivity index is 2.47. The predicted molar refractivity (Wildman–Crippen MR) is 93.9 cm³/mol. The van der Waals surface area contributed by atoms with Crippen LogP contribution in [0.25, 0.3) is 0 Å². The number of allylic oxidation sites excluding steroid dienone is 4. The Morgan fingerprint density at radius 2 is 1.78 bits per heavy atom. The topological polar surface area (TPSA) is 43.4 Å². The van der Waals surface area contributed by atoms with Crippen LogP contribution in [0, 0.1) is 11.8 Å². The van der Waals surface area contributed by atoms with Crippen LogP contribution in [0.2, 0.25) is 0 Å². The third-order valence-electron chi connectivity index (χ3n) is 4.45. The fourth-order valence-corrected chi connectivity index (χ4v) is 3.00. The highest BCUT2D eigenvalue weighted by Crippen LogP contribution is 2.31. The molecule has 0 aliphatic carbocycles. The van der Waals surface area contributed by atoms with E-state index in [4.69, 9.17) is 4.74 Å². The summed E-state index contributed by atoms with van der Waals surface area (Å²) in [6.07, 6.45) is 18.9. The molecule has 2 atom stereocenters. The van der Waals surface area contributed by atoms with Gasteiger partial charge in [0.2, 0.25) is 0 Å². The average molecular weight is 320 g/mol. The van der Waals surface area contributed by atoms with Crippen molar-refractivity contribution >= 4 is 11.9 Å². The van der Waals surface area contributed by atoms with Gasteiger partial charge in [0.25, 0.3) is 0 Å². The summed E-state index contributed by atoms with van der Waals surface area (Å²) in [5, 5.41) is 0. The fraction of sp³-hybridized carbons (Fsp3) is 0.700. The Morgan fingerprint density at radius 3 is 2.43 bits per heavy atom. The van der Waals surface area contributed by atoms with E-state index in [-0.39, 0.29) is 30.2 Å². The van der Waals surface area contributed by atoms with Crippen molar-refractivity contribution in [1.29, 1.82) is 0 Å². The third kappa shape index (κ3) is 8.15. The number of rotatable bonds is 12. The van der Waals surface area contributed by atoms with Gasteiger partial charge in [0.05, 0.1) is 12.3 Å². The molecule has 0 spiro atoms. The molecule has 0 N–H and O–H groups in total. The molecule has 1 rings (SSSR count). The quantitative estimate of drug-likeness (QED) is 0.210. The molecule has 0 aromatic carbocycles. The molecule has 0 aromatic heterocycles. The van der Waals surface area contributed by atoms with Gasteiger partial charge in [-0.05, 0) is 25.2 Å². The highest BCUT2D eigenvalue weighted by Gasteiger charge is 2.38. The zero-order chi connectivity index (χ0) is 16.9. The Kier molecular flexibility index (Phi) is 10.3. The van der Waals surface area contributed by atoms with Gasteiger partial charge in [-0.25, -0.2) is 0 Å². The van der Waals surface area contributed by atoms with Crippen molar-refractivity contribution in [3.05, 3.63) is 24.3 Å². The minimum atomic E-state index is -0.359. The number of unbranched alkanes of at least 4 members (excludes halogenated alkanes) is 5. The van der Waals surface area contributed by atoms with Crippen LogP contribution in [0.3, 0.4) is 0 Å². The molecule has 3 heteroatoms. The van der Waals surface area contributed by atoms with Crippen molar-refractivity contribution in [2.45, 2.75) is 78.1 Å². The normalized spacial score (nSPS) is 19.8. The molecule has 3 nitrogen and oxygen atoms in total. The van der Waals surface area contributed by atoms with Crippen LogP contribution >= 0.6 is 0 Å². The van der Waals surface area contributed by atoms with E-state index in [1.807, 2.05) is 0 Å². The maximum atomic E-state index is 11.8. The molecule has 1 saturated heterocycles. The fourth-order valence-electron chi connectivity index (χ4n) is 3.00. The van der Waals surface area contributed by atoms with E-state index in [1.54, 1.807) is 0 Å². The first kappa shape index (κ1) is 19.7. The molecule has 0 radical (unpaired) electrons. The molecule has 0 saturated carbocycles. The van der Waals surface area contributed by atoms with Gasteiger partial charge in [0.1, 0.15) is 0 Å². The number of ether oxygens (including phenoxy) is 1. The Labute approximate surface area is 141 Å². The number of hydrogen-bond donors (Lipinski definition) is 0. The van der Waals surface area contributed by atoms with Crippen LogP contribution < -0.4 is 0 Å². The zero-order valence-electron chi connectivity index (χ0n) is 14.8. The van der Waals surface area contributed by atoms with Gasteiger partial charge in [0, 0.05) is 0 Å². The first-order valence-electron chi connectivity index (χ1n) is 9.25. The maximum Gasteiger partial charge on any atom is 0.317 e. The second-order valence-electron chi connectivity index (χ2n) is 6.45. The zero-order valence-corrected chi connectivity index (χ0v) is 14.8. The van der Waals surface area contributed by atoms with Crippen LogP contribution in [-0.4, -0.2) is 11.9 Å². The summed E-state index contributed by atoms with van der Waals surface area (Å²) in [5.74, 6) is -0.687. The lowest BCUT2D eigenvalue weighted by atomic mass is 9.84. The van der Waals surface area contributed by atoms with Crippen LogP contribution in [0.4, 0.5) is 0 Å². The van der Waals surface area contributed by atoms with Gasteiger partial charge < -0.3 is 4.74 Å². The predicted octanol–water partition coefficient (Wildman–Crippen LogP) is 5.36. The molecule has 0 bridgehead atoms. The molecule has 1 aliphatic rings. The summed E-state index contributed by atoms with van der Waals surface area (Å²) < 4.78 is 4.74. The number of carbonyl (C=O) groups is 2. The van der Waals surface area contributed by atoms with Gasteiger partial charge in [0.15, 0.2) is 0 Å². The first-order valence-corrected chi connectivity index (χ1v) is 9.25. The van der Waals surface area contributed by atoms with E-state index in [9.17, 15) is 9.59 Å². The monoisotopic (exact) mass is 320 g/mol.